The Morgan fingerprint density at radius 3 is 2.53 bits per heavy atom. The van der Waals surface area contributed by atoms with Gasteiger partial charge in [-0.25, -0.2) is 4.63 Å². The molecule has 7 heteroatoms. The van der Waals surface area contributed by atoms with E-state index in [1.807, 2.05) is 32.8 Å². The van der Waals surface area contributed by atoms with Gasteiger partial charge in [0.05, 0.1) is 0 Å². The number of aromatic nitrogens is 2. The Kier molecular flexibility index (Phi) is 4.45. The van der Waals surface area contributed by atoms with Crippen molar-refractivity contribution in [3.8, 4) is 0 Å². The van der Waals surface area contributed by atoms with Crippen molar-refractivity contribution in [1.29, 1.82) is 0 Å². The smallest absolute Gasteiger partial charge is 0.280 e. The van der Waals surface area contributed by atoms with Crippen LogP contribution in [0.25, 0.3) is 0 Å². The first kappa shape index (κ1) is 13.4. The number of hydrogen-bond donors (Lipinski definition) is 1. The van der Waals surface area contributed by atoms with Crippen LogP contribution in [0.2, 0.25) is 0 Å². The van der Waals surface area contributed by atoms with Gasteiger partial charge in [-0.2, -0.15) is 0 Å². The Morgan fingerprint density at radius 2 is 2.12 bits per heavy atom. The largest absolute Gasteiger partial charge is 0.379 e. The summed E-state index contributed by atoms with van der Waals surface area (Å²) in [4.78, 5) is 15.9. The van der Waals surface area contributed by atoms with E-state index in [0.717, 1.165) is 6.54 Å². The van der Waals surface area contributed by atoms with E-state index in [9.17, 15) is 4.79 Å². The number of carbonyl (C=O) groups excluding carboxylic acids is 1. The molecule has 0 aliphatic carbocycles. The molecule has 0 aliphatic rings. The van der Waals surface area contributed by atoms with Gasteiger partial charge in [0.25, 0.3) is 5.91 Å². The highest BCUT2D eigenvalue weighted by Crippen LogP contribution is 2.11. The van der Waals surface area contributed by atoms with E-state index in [2.05, 4.69) is 14.9 Å². The zero-order valence-corrected chi connectivity index (χ0v) is 10.7. The highest BCUT2D eigenvalue weighted by molar-refractivity contribution is 5.96. The molecule has 0 spiro atoms. The predicted molar refractivity (Wildman–Crippen MR) is 63.4 cm³/mol. The van der Waals surface area contributed by atoms with Gasteiger partial charge in [0.2, 0.25) is 11.5 Å². The molecule has 1 heterocycles. The van der Waals surface area contributed by atoms with Crippen molar-refractivity contribution in [3.05, 3.63) is 5.69 Å². The van der Waals surface area contributed by atoms with E-state index in [4.69, 9.17) is 5.73 Å². The van der Waals surface area contributed by atoms with Gasteiger partial charge in [-0.05, 0) is 38.3 Å². The van der Waals surface area contributed by atoms with E-state index in [0.29, 0.717) is 6.54 Å². The number of likely N-dealkylation sites (N-methyl/N-ethyl adjacent to an activating group) is 2. The number of hydrogen-bond acceptors (Lipinski definition) is 6. The van der Waals surface area contributed by atoms with Gasteiger partial charge in [0, 0.05) is 19.1 Å². The number of carbonyl (C=O) groups is 1. The van der Waals surface area contributed by atoms with Crippen LogP contribution in [0.4, 0.5) is 5.82 Å². The summed E-state index contributed by atoms with van der Waals surface area (Å²) in [5.41, 5.74) is 5.59. The molecule has 1 aromatic rings. The van der Waals surface area contributed by atoms with Gasteiger partial charge in [-0.1, -0.05) is 0 Å². The molecule has 7 nitrogen and oxygen atoms in total. The third-order valence-electron chi connectivity index (χ3n) is 2.48. The summed E-state index contributed by atoms with van der Waals surface area (Å²) in [6, 6.07) is 0.0681. The van der Waals surface area contributed by atoms with Crippen LogP contribution in [-0.2, 0) is 0 Å². The zero-order valence-electron chi connectivity index (χ0n) is 10.7. The Bertz CT molecular complexity index is 377. The first-order chi connectivity index (χ1) is 7.97. The molecular weight excluding hydrogens is 222 g/mol. The van der Waals surface area contributed by atoms with E-state index in [1.165, 1.54) is 0 Å². The summed E-state index contributed by atoms with van der Waals surface area (Å²) < 4.78 is 4.44. The van der Waals surface area contributed by atoms with Crippen molar-refractivity contribution in [2.24, 2.45) is 0 Å². The Morgan fingerprint density at radius 1 is 1.47 bits per heavy atom. The second-order valence-electron chi connectivity index (χ2n) is 4.20. The van der Waals surface area contributed by atoms with Gasteiger partial charge >= 0.3 is 0 Å². The molecule has 0 radical (unpaired) electrons. The van der Waals surface area contributed by atoms with Crippen LogP contribution in [0.3, 0.4) is 0 Å². The third-order valence-corrected chi connectivity index (χ3v) is 2.48. The number of nitrogens with zero attached hydrogens (tertiary/aromatic N) is 4. The number of anilines is 1. The van der Waals surface area contributed by atoms with Crippen LogP contribution in [0.5, 0.6) is 0 Å². The lowest BCUT2D eigenvalue weighted by molar-refractivity contribution is 0.0668. The van der Waals surface area contributed by atoms with Crippen LogP contribution in [-0.4, -0.2) is 59.2 Å². The molecule has 2 N–H and O–H groups in total. The number of nitrogen functional groups attached to an aromatic ring is 1. The highest BCUT2D eigenvalue weighted by atomic mass is 16.6. The maximum Gasteiger partial charge on any atom is 0.280 e. The molecular formula is C10H19N5O2. The van der Waals surface area contributed by atoms with Crippen molar-refractivity contribution in [2.75, 3.05) is 32.9 Å². The van der Waals surface area contributed by atoms with Crippen LogP contribution in [0, 0.1) is 0 Å². The third kappa shape index (κ3) is 3.16. The van der Waals surface area contributed by atoms with Crippen LogP contribution in [0.1, 0.15) is 24.3 Å². The lowest BCUT2D eigenvalue weighted by atomic mass is 10.2. The maximum absolute atomic E-state index is 12.1. The first-order valence-corrected chi connectivity index (χ1v) is 5.51. The molecule has 1 amide bonds. The van der Waals surface area contributed by atoms with E-state index in [-0.39, 0.29) is 23.5 Å². The second kappa shape index (κ2) is 5.62. The quantitative estimate of drug-likeness (QED) is 0.784. The van der Waals surface area contributed by atoms with E-state index >= 15 is 0 Å². The maximum atomic E-state index is 12.1. The Balaban J connectivity index is 2.81. The fraction of sp³-hybridized carbons (Fsp3) is 0.700. The number of amides is 1. The van der Waals surface area contributed by atoms with Crippen molar-refractivity contribution < 1.29 is 9.42 Å². The van der Waals surface area contributed by atoms with E-state index in [1.54, 1.807) is 4.90 Å². The Hall–Kier alpha value is -1.63. The molecule has 0 aromatic carbocycles. The molecule has 0 aliphatic heterocycles. The lowest BCUT2D eigenvalue weighted by Crippen LogP contribution is -2.44. The molecule has 96 valence electrons. The molecule has 1 unspecified atom stereocenters. The molecule has 17 heavy (non-hydrogen) atoms. The summed E-state index contributed by atoms with van der Waals surface area (Å²) in [6.07, 6.45) is 0. The van der Waals surface area contributed by atoms with Crippen molar-refractivity contribution in [2.45, 2.75) is 19.9 Å². The monoisotopic (exact) mass is 241 g/mol. The average molecular weight is 241 g/mol. The molecule has 1 rings (SSSR count). The van der Waals surface area contributed by atoms with Crippen molar-refractivity contribution in [1.82, 2.24) is 20.1 Å². The van der Waals surface area contributed by atoms with Crippen LogP contribution < -0.4 is 5.73 Å². The predicted octanol–water partition coefficient (Wildman–Crippen LogP) is 0.0640. The van der Waals surface area contributed by atoms with Gasteiger partial charge in [-0.3, -0.25) is 4.79 Å². The normalized spacial score (nSPS) is 12.8. The highest BCUT2D eigenvalue weighted by Gasteiger charge is 2.25. The van der Waals surface area contributed by atoms with Crippen LogP contribution >= 0.6 is 0 Å². The Labute approximate surface area is 101 Å². The standard InChI is InChI=1S/C10H19N5O2/c1-5-15(7(2)6-14(3)4)10(16)8-9(11)13-17-12-8/h7H,5-6H2,1-4H3,(H2,11,13). The number of nitrogens with two attached hydrogens (primary N) is 1. The van der Waals surface area contributed by atoms with Gasteiger partial charge in [0.1, 0.15) is 0 Å². The average Bonchev–Trinajstić information content (AvgIpc) is 2.64. The summed E-state index contributed by atoms with van der Waals surface area (Å²) >= 11 is 0. The summed E-state index contributed by atoms with van der Waals surface area (Å²) in [7, 11) is 3.92. The van der Waals surface area contributed by atoms with Crippen molar-refractivity contribution >= 4 is 11.7 Å². The van der Waals surface area contributed by atoms with Gasteiger partial charge < -0.3 is 15.5 Å². The zero-order chi connectivity index (χ0) is 13.0. The molecule has 1 atom stereocenters. The molecule has 1 aromatic heterocycles. The number of rotatable bonds is 5. The minimum absolute atomic E-state index is 0.0329. The van der Waals surface area contributed by atoms with Crippen molar-refractivity contribution in [3.63, 3.8) is 0 Å². The molecule has 0 bridgehead atoms. The fourth-order valence-corrected chi connectivity index (χ4v) is 1.76. The SMILES string of the molecule is CCN(C(=O)c1nonc1N)C(C)CN(C)C. The van der Waals surface area contributed by atoms with Gasteiger partial charge in [-0.15, -0.1) is 0 Å². The summed E-state index contributed by atoms with van der Waals surface area (Å²) in [5, 5.41) is 6.94. The molecule has 0 fully saturated rings. The topological polar surface area (TPSA) is 88.5 Å². The lowest BCUT2D eigenvalue weighted by Gasteiger charge is -2.29. The minimum atomic E-state index is -0.249. The van der Waals surface area contributed by atoms with E-state index < -0.39 is 0 Å². The van der Waals surface area contributed by atoms with Crippen LogP contribution in [0.15, 0.2) is 4.63 Å². The second-order valence-corrected chi connectivity index (χ2v) is 4.20. The first-order valence-electron chi connectivity index (χ1n) is 5.51. The summed E-state index contributed by atoms with van der Waals surface area (Å²) in [6.45, 7) is 5.24. The summed E-state index contributed by atoms with van der Waals surface area (Å²) in [5.74, 6) is -0.217. The van der Waals surface area contributed by atoms with Gasteiger partial charge in [0.15, 0.2) is 0 Å². The minimum Gasteiger partial charge on any atom is -0.379 e. The molecule has 0 saturated heterocycles. The fourth-order valence-electron chi connectivity index (χ4n) is 1.76. The molecule has 0 saturated carbocycles.